The largest absolute Gasteiger partial charge is 0.480 e. The fourth-order valence-electron chi connectivity index (χ4n) is 4.44. The summed E-state index contributed by atoms with van der Waals surface area (Å²) in [6.45, 7) is 3.28. The van der Waals surface area contributed by atoms with E-state index in [9.17, 15) is 38.7 Å². The quantitative estimate of drug-likeness (QED) is 0.111. The highest BCUT2D eigenvalue weighted by Gasteiger charge is 2.35. The van der Waals surface area contributed by atoms with Gasteiger partial charge in [0.05, 0.1) is 0 Å². The van der Waals surface area contributed by atoms with Gasteiger partial charge < -0.3 is 14.7 Å². The van der Waals surface area contributed by atoms with Crippen molar-refractivity contribution in [1.29, 1.82) is 0 Å². The first-order valence-corrected chi connectivity index (χ1v) is 16.3. The van der Waals surface area contributed by atoms with Crippen LogP contribution in [0.5, 0.6) is 0 Å². The van der Waals surface area contributed by atoms with Crippen LogP contribution in [0, 0.1) is 6.92 Å². The predicted molar refractivity (Wildman–Crippen MR) is 168 cm³/mol. The summed E-state index contributed by atoms with van der Waals surface area (Å²) >= 11 is 0. The van der Waals surface area contributed by atoms with Gasteiger partial charge in [-0.15, -0.1) is 0 Å². The lowest BCUT2D eigenvalue weighted by molar-refractivity contribution is -0.144. The number of carbonyl (C=O) groups is 7. The number of imide groups is 2. The Morgan fingerprint density at radius 3 is 2.53 bits per heavy atom. The molecule has 15 heteroatoms. The zero-order valence-electron chi connectivity index (χ0n) is 24.7. The fraction of sp³-hybridized carbons (Fsp3) is 0.367. The third-order valence-electron chi connectivity index (χ3n) is 6.68. The van der Waals surface area contributed by atoms with Crippen molar-refractivity contribution in [3.05, 3.63) is 65.2 Å². The first kappa shape index (κ1) is 35.1. The number of nitrogens with one attached hydrogen (secondary N) is 2. The molecule has 6 amide bonds. The van der Waals surface area contributed by atoms with Crippen LogP contribution in [0.15, 0.2) is 48.5 Å². The van der Waals surface area contributed by atoms with Crippen molar-refractivity contribution in [2.45, 2.75) is 50.9 Å². The van der Waals surface area contributed by atoms with E-state index in [4.69, 9.17) is 4.74 Å². The van der Waals surface area contributed by atoms with Gasteiger partial charge in [-0.25, -0.2) is 4.79 Å². The smallest absolute Gasteiger partial charge is 0.411 e. The first-order valence-electron chi connectivity index (χ1n) is 14.0. The van der Waals surface area contributed by atoms with Crippen molar-refractivity contribution in [3.8, 4) is 0 Å². The second kappa shape index (κ2) is 17.2. The van der Waals surface area contributed by atoms with Crippen molar-refractivity contribution in [2.24, 2.45) is 0 Å². The molecule has 1 heterocycles. The highest BCUT2D eigenvalue weighted by molar-refractivity contribution is 8.76. The van der Waals surface area contributed by atoms with Gasteiger partial charge in [-0.1, -0.05) is 64.9 Å². The summed E-state index contributed by atoms with van der Waals surface area (Å²) in [6, 6.07) is 12.5. The number of carboxylic acids is 1. The van der Waals surface area contributed by atoms with E-state index in [0.29, 0.717) is 11.3 Å². The Labute approximate surface area is 267 Å². The molecule has 0 saturated carbocycles. The van der Waals surface area contributed by atoms with Crippen LogP contribution in [0.25, 0.3) is 0 Å². The lowest BCUT2D eigenvalue weighted by Crippen LogP contribution is -2.53. The number of rotatable bonds is 15. The summed E-state index contributed by atoms with van der Waals surface area (Å²) in [5.41, 5.74) is 1.55. The Bertz CT molecular complexity index is 1420. The molecular formula is C30H34N4O9S2. The van der Waals surface area contributed by atoms with Crippen LogP contribution in [0.4, 0.5) is 10.5 Å². The van der Waals surface area contributed by atoms with Gasteiger partial charge in [0.2, 0.25) is 24.1 Å². The molecule has 1 aliphatic heterocycles. The van der Waals surface area contributed by atoms with Gasteiger partial charge in [0, 0.05) is 41.6 Å². The number of piperidine rings is 1. The summed E-state index contributed by atoms with van der Waals surface area (Å²) in [5.74, 6) is -2.91. The third-order valence-corrected chi connectivity index (χ3v) is 9.54. The van der Waals surface area contributed by atoms with Crippen molar-refractivity contribution >= 4 is 69.4 Å². The Morgan fingerprint density at radius 2 is 1.87 bits per heavy atom. The molecule has 2 atom stereocenters. The standard InChI is InChI=1S/C30H34N4O9S2/c1-19(15-26(37)33(17-27(38)39)16-21-7-4-3-5-8-21)45-44-14-13-43-30(42)31-23-10-6-9-22(20(23)2)29(41)34(18-35)24-11-12-25(36)32-28(24)40/h3-10,18-19,24H,11-17H2,1-2H3,(H,31,42)(H,38,39)(H,32,36,40). The number of anilines is 1. The second-order valence-corrected chi connectivity index (χ2v) is 13.0. The van der Waals surface area contributed by atoms with E-state index >= 15 is 0 Å². The predicted octanol–water partition coefficient (Wildman–Crippen LogP) is 3.22. The van der Waals surface area contributed by atoms with E-state index in [-0.39, 0.29) is 61.2 Å². The normalized spacial score (nSPS) is 14.9. The molecule has 3 N–H and O–H groups in total. The summed E-state index contributed by atoms with van der Waals surface area (Å²) in [5, 5.41) is 13.8. The van der Waals surface area contributed by atoms with Gasteiger partial charge in [0.25, 0.3) is 5.91 Å². The van der Waals surface area contributed by atoms with E-state index in [2.05, 4.69) is 10.6 Å². The molecule has 0 aromatic heterocycles. The Balaban J connectivity index is 1.45. The minimum absolute atomic E-state index is 0.00553. The molecule has 2 aromatic carbocycles. The van der Waals surface area contributed by atoms with Gasteiger partial charge in [-0.2, -0.15) is 0 Å². The molecule has 0 aliphatic carbocycles. The topological polar surface area (TPSA) is 179 Å². The lowest BCUT2D eigenvalue weighted by Gasteiger charge is -2.28. The van der Waals surface area contributed by atoms with Crippen LogP contribution < -0.4 is 10.6 Å². The number of aliphatic carboxylic acids is 1. The third kappa shape index (κ3) is 10.6. The summed E-state index contributed by atoms with van der Waals surface area (Å²) in [4.78, 5) is 87.0. The van der Waals surface area contributed by atoms with E-state index in [1.54, 1.807) is 13.0 Å². The summed E-state index contributed by atoms with van der Waals surface area (Å²) < 4.78 is 5.24. The molecule has 0 spiro atoms. The fourth-order valence-corrected chi connectivity index (χ4v) is 6.52. The zero-order chi connectivity index (χ0) is 32.9. The van der Waals surface area contributed by atoms with Gasteiger partial charge in [0.15, 0.2) is 0 Å². The highest BCUT2D eigenvalue weighted by atomic mass is 33.1. The van der Waals surface area contributed by atoms with Crippen molar-refractivity contribution in [1.82, 2.24) is 15.1 Å². The Morgan fingerprint density at radius 1 is 1.13 bits per heavy atom. The number of benzene rings is 2. The maximum atomic E-state index is 13.1. The molecule has 1 fully saturated rings. The van der Waals surface area contributed by atoms with Crippen molar-refractivity contribution < 1.29 is 43.4 Å². The van der Waals surface area contributed by atoms with Crippen molar-refractivity contribution in [2.75, 3.05) is 24.2 Å². The van der Waals surface area contributed by atoms with Gasteiger partial charge in [-0.05, 0) is 36.6 Å². The molecule has 13 nitrogen and oxygen atoms in total. The zero-order valence-corrected chi connectivity index (χ0v) is 26.4. The number of ether oxygens (including phenoxy) is 1. The Hall–Kier alpha value is -4.37. The summed E-state index contributed by atoms with van der Waals surface area (Å²) in [6.07, 6.45) is -0.368. The maximum absolute atomic E-state index is 13.1. The van der Waals surface area contributed by atoms with Gasteiger partial charge in [-0.3, -0.25) is 44.3 Å². The minimum atomic E-state index is -1.12. The monoisotopic (exact) mass is 658 g/mol. The van der Waals surface area contributed by atoms with Crippen molar-refractivity contribution in [3.63, 3.8) is 0 Å². The highest BCUT2D eigenvalue weighted by Crippen LogP contribution is 2.29. The van der Waals surface area contributed by atoms with Crippen LogP contribution in [-0.4, -0.2) is 87.2 Å². The van der Waals surface area contributed by atoms with E-state index in [1.165, 1.54) is 38.6 Å². The number of hydrogen-bond donors (Lipinski definition) is 3. The summed E-state index contributed by atoms with van der Waals surface area (Å²) in [7, 11) is 2.82. The van der Waals surface area contributed by atoms with Crippen LogP contribution in [-0.2, 0) is 35.3 Å². The molecular weight excluding hydrogens is 624 g/mol. The molecule has 45 heavy (non-hydrogen) atoms. The van der Waals surface area contributed by atoms with Crippen LogP contribution >= 0.6 is 21.6 Å². The second-order valence-electron chi connectivity index (χ2n) is 10.1. The maximum Gasteiger partial charge on any atom is 0.411 e. The molecule has 2 aromatic rings. The number of amides is 6. The van der Waals surface area contributed by atoms with Gasteiger partial charge >= 0.3 is 12.1 Å². The number of nitrogens with zero attached hydrogens (tertiary/aromatic N) is 2. The molecule has 0 bridgehead atoms. The average Bonchev–Trinajstić information content (AvgIpc) is 2.99. The molecule has 240 valence electrons. The van der Waals surface area contributed by atoms with E-state index in [0.717, 1.165) is 10.5 Å². The van der Waals surface area contributed by atoms with E-state index < -0.39 is 42.4 Å². The van der Waals surface area contributed by atoms with Crippen LogP contribution in [0.3, 0.4) is 0 Å². The number of carbonyl (C=O) groups excluding carboxylic acids is 6. The van der Waals surface area contributed by atoms with Crippen LogP contribution in [0.2, 0.25) is 0 Å². The lowest BCUT2D eigenvalue weighted by atomic mass is 10.0. The number of hydrogen-bond acceptors (Lipinski definition) is 10. The molecule has 3 rings (SSSR count). The van der Waals surface area contributed by atoms with Gasteiger partial charge in [0.1, 0.15) is 19.2 Å². The average molecular weight is 659 g/mol. The minimum Gasteiger partial charge on any atom is -0.480 e. The first-order chi connectivity index (χ1) is 21.5. The molecule has 1 aliphatic rings. The Kier molecular flexibility index (Phi) is 13.4. The number of carboxylic acid groups (broad SMARTS) is 1. The molecule has 1 saturated heterocycles. The van der Waals surface area contributed by atoms with Crippen LogP contribution in [0.1, 0.15) is 47.7 Å². The molecule has 2 unspecified atom stereocenters. The van der Waals surface area contributed by atoms with E-state index in [1.807, 2.05) is 37.3 Å². The SMILES string of the molecule is Cc1c(NC(=O)OCCSSC(C)CC(=O)N(CC(=O)O)Cc2ccccc2)cccc1C(=O)N(C=O)C1CCC(=O)NC1=O. The molecule has 0 radical (unpaired) electrons.